The highest BCUT2D eigenvalue weighted by molar-refractivity contribution is 5.94. The SMILES string of the molecule is C[C@@H](NC(=O)c1noc2c1CN(C(=O)Nc1ccc(F)c(F)c1)CC2)C(F)(F)F. The van der Waals surface area contributed by atoms with E-state index in [1.165, 1.54) is 11.0 Å². The maximum atomic E-state index is 13.3. The Morgan fingerprint density at radius 1 is 1.24 bits per heavy atom. The summed E-state index contributed by atoms with van der Waals surface area (Å²) in [5.41, 5.74) is -0.146. The second kappa shape index (κ2) is 7.68. The Bertz CT molecular complexity index is 944. The van der Waals surface area contributed by atoms with E-state index in [1.54, 1.807) is 5.32 Å². The minimum absolute atomic E-state index is 0.0157. The van der Waals surface area contributed by atoms with Crippen LogP contribution in [-0.2, 0) is 13.0 Å². The summed E-state index contributed by atoms with van der Waals surface area (Å²) in [6.07, 6.45) is -4.45. The Hall–Kier alpha value is -3.18. The van der Waals surface area contributed by atoms with Crippen LogP contribution in [-0.4, -0.2) is 40.8 Å². The third-order valence-corrected chi connectivity index (χ3v) is 4.34. The molecular weight excluding hydrogens is 403 g/mol. The number of hydrogen-bond donors (Lipinski definition) is 2. The summed E-state index contributed by atoms with van der Waals surface area (Å²) in [5, 5.41) is 7.70. The fourth-order valence-corrected chi connectivity index (χ4v) is 2.68. The van der Waals surface area contributed by atoms with Crippen molar-refractivity contribution in [3.8, 4) is 0 Å². The summed E-state index contributed by atoms with van der Waals surface area (Å²) in [4.78, 5) is 25.8. The van der Waals surface area contributed by atoms with Crippen molar-refractivity contribution in [1.29, 1.82) is 0 Å². The highest BCUT2D eigenvalue weighted by atomic mass is 19.4. The van der Waals surface area contributed by atoms with E-state index in [1.807, 2.05) is 0 Å². The lowest BCUT2D eigenvalue weighted by molar-refractivity contribution is -0.149. The van der Waals surface area contributed by atoms with Gasteiger partial charge in [-0.2, -0.15) is 13.2 Å². The molecular formula is C17H15F5N4O3. The van der Waals surface area contributed by atoms with Gasteiger partial charge in [0.25, 0.3) is 5.91 Å². The zero-order valence-electron chi connectivity index (χ0n) is 14.9. The molecule has 0 bridgehead atoms. The lowest BCUT2D eigenvalue weighted by Gasteiger charge is -2.26. The summed E-state index contributed by atoms with van der Waals surface area (Å²) in [6, 6.07) is 0.0578. The lowest BCUT2D eigenvalue weighted by atomic mass is 10.1. The quantitative estimate of drug-likeness (QED) is 0.750. The molecule has 1 aromatic heterocycles. The standard InChI is InChI=1S/C17H15F5N4O3/c1-8(17(20,21)22)23-15(27)14-10-7-26(5-4-13(10)29-25-14)16(28)24-9-2-3-11(18)12(19)6-9/h2-3,6,8H,4-5,7H2,1H3,(H,23,27)(H,24,28)/t8-/m1/s1. The summed E-state index contributed by atoms with van der Waals surface area (Å²) >= 11 is 0. The Morgan fingerprint density at radius 2 is 1.97 bits per heavy atom. The molecule has 156 valence electrons. The number of anilines is 1. The average molecular weight is 418 g/mol. The van der Waals surface area contributed by atoms with Gasteiger partial charge in [0, 0.05) is 30.3 Å². The zero-order chi connectivity index (χ0) is 21.3. The number of nitrogens with one attached hydrogen (secondary N) is 2. The Labute approximate surface area is 160 Å². The Balaban J connectivity index is 1.71. The second-order valence-corrected chi connectivity index (χ2v) is 6.40. The first-order chi connectivity index (χ1) is 13.6. The molecule has 1 aliphatic heterocycles. The third kappa shape index (κ3) is 4.46. The maximum Gasteiger partial charge on any atom is 0.408 e. The van der Waals surface area contributed by atoms with Crippen LogP contribution in [0, 0.1) is 11.6 Å². The topological polar surface area (TPSA) is 87.5 Å². The van der Waals surface area contributed by atoms with Crippen LogP contribution in [0.5, 0.6) is 0 Å². The van der Waals surface area contributed by atoms with Gasteiger partial charge in [-0.25, -0.2) is 13.6 Å². The molecule has 29 heavy (non-hydrogen) atoms. The molecule has 3 amide bonds. The number of carbonyl (C=O) groups excluding carboxylic acids is 2. The zero-order valence-corrected chi connectivity index (χ0v) is 14.9. The summed E-state index contributed by atoms with van der Waals surface area (Å²) < 4.78 is 69.2. The van der Waals surface area contributed by atoms with E-state index in [0.717, 1.165) is 19.1 Å². The van der Waals surface area contributed by atoms with Crippen molar-refractivity contribution >= 4 is 17.6 Å². The van der Waals surface area contributed by atoms with E-state index < -0.39 is 35.8 Å². The first-order valence-corrected chi connectivity index (χ1v) is 8.42. The number of alkyl halides is 3. The van der Waals surface area contributed by atoms with E-state index in [0.29, 0.717) is 0 Å². The molecule has 7 nitrogen and oxygen atoms in total. The molecule has 0 radical (unpaired) electrons. The summed E-state index contributed by atoms with van der Waals surface area (Å²) in [6.45, 7) is 0.793. The van der Waals surface area contributed by atoms with Crippen molar-refractivity contribution in [1.82, 2.24) is 15.4 Å². The van der Waals surface area contributed by atoms with Gasteiger partial charge in [-0.1, -0.05) is 5.16 Å². The van der Waals surface area contributed by atoms with Crippen molar-refractivity contribution in [3.05, 3.63) is 46.9 Å². The molecule has 0 aliphatic carbocycles. The number of carbonyl (C=O) groups is 2. The molecule has 0 fully saturated rings. The average Bonchev–Trinajstić information content (AvgIpc) is 3.07. The number of benzene rings is 1. The molecule has 2 aromatic rings. The van der Waals surface area contributed by atoms with E-state index >= 15 is 0 Å². The van der Waals surface area contributed by atoms with Crippen molar-refractivity contribution in [2.45, 2.75) is 32.1 Å². The molecule has 1 aromatic carbocycles. The van der Waals surface area contributed by atoms with Crippen LogP contribution in [0.15, 0.2) is 22.7 Å². The number of amides is 3. The van der Waals surface area contributed by atoms with Crippen molar-refractivity contribution in [2.75, 3.05) is 11.9 Å². The lowest BCUT2D eigenvalue weighted by Crippen LogP contribution is -2.44. The van der Waals surface area contributed by atoms with Gasteiger partial charge in [0.05, 0.1) is 6.54 Å². The maximum absolute atomic E-state index is 13.3. The van der Waals surface area contributed by atoms with Crippen LogP contribution < -0.4 is 10.6 Å². The molecule has 2 N–H and O–H groups in total. The molecule has 0 saturated carbocycles. The van der Waals surface area contributed by atoms with Gasteiger partial charge in [-0.15, -0.1) is 0 Å². The normalized spacial score (nSPS) is 14.9. The number of halogens is 5. The first kappa shape index (κ1) is 20.6. The molecule has 1 aliphatic rings. The van der Waals surface area contributed by atoms with E-state index in [2.05, 4.69) is 10.5 Å². The Morgan fingerprint density at radius 3 is 2.62 bits per heavy atom. The van der Waals surface area contributed by atoms with Gasteiger partial charge in [0.1, 0.15) is 11.8 Å². The molecule has 0 spiro atoms. The van der Waals surface area contributed by atoms with Gasteiger partial charge in [0.2, 0.25) is 0 Å². The Kier molecular flexibility index (Phi) is 5.44. The molecule has 0 unspecified atom stereocenters. The van der Waals surface area contributed by atoms with Crippen LogP contribution >= 0.6 is 0 Å². The second-order valence-electron chi connectivity index (χ2n) is 6.40. The predicted molar refractivity (Wildman–Crippen MR) is 89.0 cm³/mol. The number of aromatic nitrogens is 1. The molecule has 1 atom stereocenters. The fourth-order valence-electron chi connectivity index (χ4n) is 2.68. The minimum Gasteiger partial charge on any atom is -0.360 e. The van der Waals surface area contributed by atoms with Crippen LogP contribution in [0.25, 0.3) is 0 Å². The van der Waals surface area contributed by atoms with Crippen molar-refractivity contribution < 1.29 is 36.1 Å². The molecule has 12 heteroatoms. The number of hydrogen-bond acceptors (Lipinski definition) is 4. The van der Waals surface area contributed by atoms with Gasteiger partial charge >= 0.3 is 12.2 Å². The highest BCUT2D eigenvalue weighted by Gasteiger charge is 2.38. The van der Waals surface area contributed by atoms with Crippen LogP contribution in [0.1, 0.15) is 28.7 Å². The van der Waals surface area contributed by atoms with Crippen molar-refractivity contribution in [3.63, 3.8) is 0 Å². The van der Waals surface area contributed by atoms with Gasteiger partial charge in [-0.05, 0) is 19.1 Å². The van der Waals surface area contributed by atoms with Crippen molar-refractivity contribution in [2.24, 2.45) is 0 Å². The van der Waals surface area contributed by atoms with Crippen LogP contribution in [0.3, 0.4) is 0 Å². The first-order valence-electron chi connectivity index (χ1n) is 8.42. The molecule has 3 rings (SSSR count). The third-order valence-electron chi connectivity index (χ3n) is 4.34. The monoisotopic (exact) mass is 418 g/mol. The van der Waals surface area contributed by atoms with Crippen LogP contribution in [0.2, 0.25) is 0 Å². The van der Waals surface area contributed by atoms with E-state index in [9.17, 15) is 31.5 Å². The number of urea groups is 1. The largest absolute Gasteiger partial charge is 0.408 e. The summed E-state index contributed by atoms with van der Waals surface area (Å²) in [7, 11) is 0. The molecule has 0 saturated heterocycles. The summed E-state index contributed by atoms with van der Waals surface area (Å²) in [5.74, 6) is -3.01. The smallest absolute Gasteiger partial charge is 0.360 e. The van der Waals surface area contributed by atoms with Crippen LogP contribution in [0.4, 0.5) is 32.4 Å². The number of nitrogens with zero attached hydrogens (tertiary/aromatic N) is 2. The van der Waals surface area contributed by atoms with E-state index in [4.69, 9.17) is 4.52 Å². The number of fused-ring (bicyclic) bond motifs is 1. The van der Waals surface area contributed by atoms with Gasteiger partial charge < -0.3 is 20.1 Å². The number of rotatable bonds is 3. The highest BCUT2D eigenvalue weighted by Crippen LogP contribution is 2.25. The fraction of sp³-hybridized carbons (Fsp3) is 0.353. The van der Waals surface area contributed by atoms with E-state index in [-0.39, 0.29) is 42.2 Å². The van der Waals surface area contributed by atoms with Gasteiger partial charge in [-0.3, -0.25) is 4.79 Å². The van der Waals surface area contributed by atoms with Gasteiger partial charge in [0.15, 0.2) is 17.3 Å². The minimum atomic E-state index is -4.63. The molecule has 2 heterocycles. The predicted octanol–water partition coefficient (Wildman–Crippen LogP) is 3.22.